The summed E-state index contributed by atoms with van der Waals surface area (Å²) in [6.45, 7) is 6.83. The molecule has 0 aliphatic heterocycles. The number of anilines is 1. The molecule has 0 radical (unpaired) electrons. The van der Waals surface area contributed by atoms with Crippen LogP contribution in [0, 0.1) is 0 Å². The zero-order valence-corrected chi connectivity index (χ0v) is 10.5. The molecule has 0 aliphatic rings. The Hall–Kier alpha value is -1.61. The summed E-state index contributed by atoms with van der Waals surface area (Å²) in [5.41, 5.74) is 7.82. The molecule has 0 fully saturated rings. The Kier molecular flexibility index (Phi) is 3.59. The molecule has 0 spiro atoms. The van der Waals surface area contributed by atoms with Gasteiger partial charge in [-0.05, 0) is 43.7 Å². The third-order valence-corrected chi connectivity index (χ3v) is 3.06. The predicted molar refractivity (Wildman–Crippen MR) is 73.2 cm³/mol. The van der Waals surface area contributed by atoms with Crippen LogP contribution in [0.25, 0.3) is 10.9 Å². The third kappa shape index (κ3) is 2.39. The minimum absolute atomic E-state index is 0.577. The second kappa shape index (κ2) is 5.15. The van der Waals surface area contributed by atoms with E-state index < -0.39 is 0 Å². The summed E-state index contributed by atoms with van der Waals surface area (Å²) in [5, 5.41) is 1.16. The Labute approximate surface area is 102 Å². The highest BCUT2D eigenvalue weighted by Gasteiger charge is 2.04. The van der Waals surface area contributed by atoms with E-state index in [1.807, 2.05) is 12.1 Å². The molecule has 0 unspecified atom stereocenters. The Morgan fingerprint density at radius 1 is 1.12 bits per heavy atom. The number of hydrogen-bond acceptors (Lipinski definition) is 3. The number of hydrogen-bond donors (Lipinski definition) is 1. The number of aromatic nitrogens is 1. The molecule has 2 rings (SSSR count). The molecule has 3 heteroatoms. The lowest BCUT2D eigenvalue weighted by molar-refractivity contribution is 0.850. The van der Waals surface area contributed by atoms with Crippen LogP contribution in [-0.4, -0.2) is 18.1 Å². The maximum atomic E-state index is 5.63. The minimum Gasteiger partial charge on any atom is -0.357 e. The van der Waals surface area contributed by atoms with Gasteiger partial charge in [0.05, 0.1) is 5.52 Å². The number of benzene rings is 1. The molecule has 0 saturated heterocycles. The topological polar surface area (TPSA) is 42.1 Å². The molecule has 0 aliphatic carbocycles. The first-order chi connectivity index (χ1) is 8.28. The van der Waals surface area contributed by atoms with Crippen LogP contribution in [0.1, 0.15) is 19.4 Å². The Balaban J connectivity index is 2.44. The van der Waals surface area contributed by atoms with E-state index in [1.54, 1.807) is 0 Å². The first-order valence-corrected chi connectivity index (χ1v) is 6.13. The monoisotopic (exact) mass is 229 g/mol. The van der Waals surface area contributed by atoms with Gasteiger partial charge in [-0.2, -0.15) is 0 Å². The second-order valence-electron chi connectivity index (χ2n) is 4.07. The van der Waals surface area contributed by atoms with Gasteiger partial charge < -0.3 is 10.6 Å². The molecule has 17 heavy (non-hydrogen) atoms. The average Bonchev–Trinajstić information content (AvgIpc) is 2.39. The SMILES string of the molecule is CCN(CC)c1ccc2cc(CN)ccc2n1. The van der Waals surface area contributed by atoms with E-state index in [0.29, 0.717) is 6.54 Å². The summed E-state index contributed by atoms with van der Waals surface area (Å²) in [7, 11) is 0. The van der Waals surface area contributed by atoms with Crippen molar-refractivity contribution in [3.8, 4) is 0 Å². The molecular formula is C14H19N3. The molecule has 0 bridgehead atoms. The maximum Gasteiger partial charge on any atom is 0.129 e. The van der Waals surface area contributed by atoms with Crippen molar-refractivity contribution in [1.82, 2.24) is 4.98 Å². The Morgan fingerprint density at radius 2 is 1.88 bits per heavy atom. The van der Waals surface area contributed by atoms with Gasteiger partial charge in [-0.3, -0.25) is 0 Å². The summed E-state index contributed by atoms with van der Waals surface area (Å²) in [5.74, 6) is 1.04. The molecule has 0 saturated carbocycles. The quantitative estimate of drug-likeness (QED) is 0.876. The van der Waals surface area contributed by atoms with Gasteiger partial charge in [-0.15, -0.1) is 0 Å². The van der Waals surface area contributed by atoms with Crippen LogP contribution in [0.2, 0.25) is 0 Å². The van der Waals surface area contributed by atoms with E-state index in [2.05, 4.69) is 41.9 Å². The van der Waals surface area contributed by atoms with Crippen LogP contribution in [0.4, 0.5) is 5.82 Å². The van der Waals surface area contributed by atoms with E-state index in [-0.39, 0.29) is 0 Å². The molecule has 90 valence electrons. The first kappa shape index (κ1) is 11.9. The number of rotatable bonds is 4. The summed E-state index contributed by atoms with van der Waals surface area (Å²) >= 11 is 0. The summed E-state index contributed by atoms with van der Waals surface area (Å²) in [6, 6.07) is 10.4. The van der Waals surface area contributed by atoms with Crippen LogP contribution in [0.15, 0.2) is 30.3 Å². The van der Waals surface area contributed by atoms with E-state index >= 15 is 0 Å². The molecule has 0 atom stereocenters. The van der Waals surface area contributed by atoms with Gasteiger partial charge in [0.15, 0.2) is 0 Å². The maximum absolute atomic E-state index is 5.63. The summed E-state index contributed by atoms with van der Waals surface area (Å²) in [4.78, 5) is 6.92. The van der Waals surface area contributed by atoms with Gasteiger partial charge in [0.2, 0.25) is 0 Å². The molecule has 3 nitrogen and oxygen atoms in total. The van der Waals surface area contributed by atoms with Crippen LogP contribution in [0.3, 0.4) is 0 Å². The number of pyridine rings is 1. The van der Waals surface area contributed by atoms with Crippen molar-refractivity contribution in [1.29, 1.82) is 0 Å². The van der Waals surface area contributed by atoms with Crippen LogP contribution in [-0.2, 0) is 6.54 Å². The molecule has 2 N–H and O–H groups in total. The van der Waals surface area contributed by atoms with Gasteiger partial charge in [-0.25, -0.2) is 4.98 Å². The summed E-state index contributed by atoms with van der Waals surface area (Å²) in [6.07, 6.45) is 0. The number of nitrogens with two attached hydrogens (primary N) is 1. The number of nitrogens with zero attached hydrogens (tertiary/aromatic N) is 2. The predicted octanol–water partition coefficient (Wildman–Crippen LogP) is 2.54. The minimum atomic E-state index is 0.577. The van der Waals surface area contributed by atoms with Crippen molar-refractivity contribution >= 4 is 16.7 Å². The van der Waals surface area contributed by atoms with E-state index in [1.165, 1.54) is 0 Å². The highest BCUT2D eigenvalue weighted by Crippen LogP contribution is 2.19. The zero-order chi connectivity index (χ0) is 12.3. The normalized spacial score (nSPS) is 10.8. The third-order valence-electron chi connectivity index (χ3n) is 3.06. The van der Waals surface area contributed by atoms with Gasteiger partial charge in [0.1, 0.15) is 5.82 Å². The van der Waals surface area contributed by atoms with Gasteiger partial charge >= 0.3 is 0 Å². The van der Waals surface area contributed by atoms with E-state index in [0.717, 1.165) is 35.4 Å². The molecule has 1 aromatic carbocycles. The molecule has 2 aromatic rings. The standard InChI is InChI=1S/C14H19N3/c1-3-17(4-2)14-8-6-12-9-11(10-15)5-7-13(12)16-14/h5-9H,3-4,10,15H2,1-2H3. The van der Waals surface area contributed by atoms with Crippen molar-refractivity contribution in [2.45, 2.75) is 20.4 Å². The first-order valence-electron chi connectivity index (χ1n) is 6.13. The lowest BCUT2D eigenvalue weighted by Gasteiger charge is -2.19. The summed E-state index contributed by atoms with van der Waals surface area (Å²) < 4.78 is 0. The van der Waals surface area contributed by atoms with Crippen molar-refractivity contribution in [2.24, 2.45) is 5.73 Å². The van der Waals surface area contributed by atoms with Gasteiger partial charge in [-0.1, -0.05) is 6.07 Å². The van der Waals surface area contributed by atoms with Crippen molar-refractivity contribution in [3.05, 3.63) is 35.9 Å². The van der Waals surface area contributed by atoms with Crippen molar-refractivity contribution in [2.75, 3.05) is 18.0 Å². The fourth-order valence-corrected chi connectivity index (χ4v) is 2.01. The fraction of sp³-hybridized carbons (Fsp3) is 0.357. The lowest BCUT2D eigenvalue weighted by atomic mass is 10.1. The van der Waals surface area contributed by atoms with E-state index in [4.69, 9.17) is 5.73 Å². The Bertz CT molecular complexity index is 504. The van der Waals surface area contributed by atoms with Crippen LogP contribution >= 0.6 is 0 Å². The smallest absolute Gasteiger partial charge is 0.129 e. The van der Waals surface area contributed by atoms with Crippen LogP contribution in [0.5, 0.6) is 0 Å². The van der Waals surface area contributed by atoms with Crippen molar-refractivity contribution < 1.29 is 0 Å². The molecule has 1 aromatic heterocycles. The van der Waals surface area contributed by atoms with Gasteiger partial charge in [0.25, 0.3) is 0 Å². The molecule has 1 heterocycles. The van der Waals surface area contributed by atoms with Gasteiger partial charge in [0, 0.05) is 25.0 Å². The Morgan fingerprint density at radius 3 is 2.53 bits per heavy atom. The molecular weight excluding hydrogens is 210 g/mol. The van der Waals surface area contributed by atoms with Crippen molar-refractivity contribution in [3.63, 3.8) is 0 Å². The fourth-order valence-electron chi connectivity index (χ4n) is 2.01. The zero-order valence-electron chi connectivity index (χ0n) is 10.5. The van der Waals surface area contributed by atoms with Crippen LogP contribution < -0.4 is 10.6 Å². The highest BCUT2D eigenvalue weighted by molar-refractivity contribution is 5.81. The van der Waals surface area contributed by atoms with E-state index in [9.17, 15) is 0 Å². The lowest BCUT2D eigenvalue weighted by Crippen LogP contribution is -2.22. The average molecular weight is 229 g/mol. The molecule has 0 amide bonds. The number of fused-ring (bicyclic) bond motifs is 1. The highest BCUT2D eigenvalue weighted by atomic mass is 15.2. The largest absolute Gasteiger partial charge is 0.357 e. The second-order valence-corrected chi connectivity index (χ2v) is 4.07.